The lowest BCUT2D eigenvalue weighted by Crippen LogP contribution is -2.48. The maximum Gasteiger partial charge on any atom is 0.257 e. The number of methoxy groups -OCH3 is 1. The van der Waals surface area contributed by atoms with Crippen LogP contribution in [0, 0.1) is 17.6 Å². The third-order valence-electron chi connectivity index (χ3n) is 7.16. The number of carbonyl (C=O) groups is 3. The largest absolute Gasteiger partial charge is 0.491 e. The van der Waals surface area contributed by atoms with Gasteiger partial charge in [0.05, 0.1) is 17.7 Å². The van der Waals surface area contributed by atoms with E-state index in [9.17, 15) is 23.2 Å². The van der Waals surface area contributed by atoms with Crippen LogP contribution in [0.3, 0.4) is 0 Å². The lowest BCUT2D eigenvalue weighted by molar-refractivity contribution is 0.0111. The van der Waals surface area contributed by atoms with Crippen molar-refractivity contribution in [3.05, 3.63) is 95.1 Å². The summed E-state index contributed by atoms with van der Waals surface area (Å²) in [4.78, 5) is 43.0. The number of hydrogen-bond acceptors (Lipinski definition) is 5. The first-order valence-corrected chi connectivity index (χ1v) is 13.3. The first-order valence-electron chi connectivity index (χ1n) is 13.3. The van der Waals surface area contributed by atoms with Crippen LogP contribution in [-0.2, 0) is 4.74 Å². The van der Waals surface area contributed by atoms with E-state index in [-0.39, 0.29) is 47.8 Å². The fourth-order valence-electron chi connectivity index (χ4n) is 4.70. The van der Waals surface area contributed by atoms with Gasteiger partial charge in [-0.15, -0.1) is 0 Å². The number of fused-ring (bicyclic) bond motifs is 1. The predicted octanol–water partition coefficient (Wildman–Crippen LogP) is 4.86. The number of likely N-dealkylation sites (N-methyl/N-ethyl adjacent to an activating group) is 1. The summed E-state index contributed by atoms with van der Waals surface area (Å²) in [5, 5.41) is 2.74. The van der Waals surface area contributed by atoms with Crippen LogP contribution < -0.4 is 10.1 Å². The van der Waals surface area contributed by atoms with Crippen LogP contribution in [0.25, 0.3) is 0 Å². The molecule has 41 heavy (non-hydrogen) atoms. The van der Waals surface area contributed by atoms with E-state index in [2.05, 4.69) is 5.32 Å². The van der Waals surface area contributed by atoms with Gasteiger partial charge in [0.25, 0.3) is 17.7 Å². The average molecular weight is 566 g/mol. The van der Waals surface area contributed by atoms with Crippen LogP contribution in [0.4, 0.5) is 14.5 Å². The Morgan fingerprint density at radius 1 is 0.927 bits per heavy atom. The number of ether oxygens (including phenoxy) is 2. The van der Waals surface area contributed by atoms with E-state index < -0.39 is 29.7 Å². The van der Waals surface area contributed by atoms with Gasteiger partial charge in [0.15, 0.2) is 0 Å². The minimum Gasteiger partial charge on any atom is -0.491 e. The van der Waals surface area contributed by atoms with Crippen molar-refractivity contribution >= 4 is 23.4 Å². The minimum absolute atomic E-state index is 0.0720. The Bertz CT molecular complexity index is 1400. The summed E-state index contributed by atoms with van der Waals surface area (Å²) in [6, 6.07) is 14.8. The highest BCUT2D eigenvalue weighted by atomic mass is 19.1. The Hall–Kier alpha value is -4.31. The SMILES string of the molecule is CO[C@@H]1CN(C)C(=O)c2cc(NC(=O)c3ccc(F)cc3)ccc2OC[C@H](C)N(C(=O)c2ccc(F)cc2)C[C@H]1C. The summed E-state index contributed by atoms with van der Waals surface area (Å²) in [5.41, 5.74) is 1.18. The van der Waals surface area contributed by atoms with Crippen molar-refractivity contribution in [1.82, 2.24) is 9.80 Å². The molecule has 1 N–H and O–H groups in total. The second kappa shape index (κ2) is 12.9. The van der Waals surface area contributed by atoms with Crippen molar-refractivity contribution in [2.24, 2.45) is 5.92 Å². The second-order valence-electron chi connectivity index (χ2n) is 10.2. The number of hydrogen-bond donors (Lipinski definition) is 1. The van der Waals surface area contributed by atoms with Gasteiger partial charge in [-0.25, -0.2) is 8.78 Å². The first kappa shape index (κ1) is 29.7. The molecule has 0 saturated carbocycles. The number of nitrogens with zero attached hydrogens (tertiary/aromatic N) is 2. The van der Waals surface area contributed by atoms with Gasteiger partial charge < -0.3 is 24.6 Å². The van der Waals surface area contributed by atoms with E-state index >= 15 is 0 Å². The molecule has 3 amide bonds. The smallest absolute Gasteiger partial charge is 0.257 e. The van der Waals surface area contributed by atoms with Gasteiger partial charge in [0.1, 0.15) is 24.0 Å². The third kappa shape index (κ3) is 7.07. The predicted molar refractivity (Wildman–Crippen MR) is 150 cm³/mol. The van der Waals surface area contributed by atoms with Crippen molar-refractivity contribution in [2.75, 3.05) is 39.2 Å². The standard InChI is InChI=1S/C31H33F2N3O5/c1-19-16-36(30(38)22-7-11-24(33)12-8-22)20(2)18-41-27-14-13-25(34-29(37)21-5-9-23(32)10-6-21)15-26(27)31(39)35(3)17-28(19)40-4/h5-15,19-20,28H,16-18H2,1-4H3,(H,34,37)/t19-,20+,28-/m1/s1. The topological polar surface area (TPSA) is 88.2 Å². The van der Waals surface area contributed by atoms with Crippen molar-refractivity contribution in [2.45, 2.75) is 26.0 Å². The highest BCUT2D eigenvalue weighted by Gasteiger charge is 2.31. The van der Waals surface area contributed by atoms with E-state index in [1.165, 1.54) is 59.5 Å². The summed E-state index contributed by atoms with van der Waals surface area (Å²) in [5.74, 6) is -1.84. The summed E-state index contributed by atoms with van der Waals surface area (Å²) in [6.07, 6.45) is -0.398. The first-order chi connectivity index (χ1) is 19.6. The summed E-state index contributed by atoms with van der Waals surface area (Å²) >= 11 is 0. The number of carbonyl (C=O) groups excluding carboxylic acids is 3. The van der Waals surface area contributed by atoms with Crippen molar-refractivity contribution in [1.29, 1.82) is 0 Å². The molecule has 0 spiro atoms. The fraction of sp³-hybridized carbons (Fsp3) is 0.323. The molecular weight excluding hydrogens is 532 g/mol. The van der Waals surface area contributed by atoms with Crippen molar-refractivity contribution in [3.8, 4) is 5.75 Å². The zero-order chi connectivity index (χ0) is 29.7. The molecule has 0 fully saturated rings. The van der Waals surface area contributed by atoms with Crippen LogP contribution in [0.1, 0.15) is 44.9 Å². The number of halogens is 2. The van der Waals surface area contributed by atoms with Gasteiger partial charge in [0, 0.05) is 50.0 Å². The number of nitrogens with one attached hydrogen (secondary N) is 1. The fourth-order valence-corrected chi connectivity index (χ4v) is 4.70. The molecule has 0 aliphatic carbocycles. The van der Waals surface area contributed by atoms with E-state index in [0.29, 0.717) is 17.8 Å². The number of benzene rings is 3. The molecule has 8 nitrogen and oxygen atoms in total. The van der Waals surface area contributed by atoms with Crippen molar-refractivity contribution in [3.63, 3.8) is 0 Å². The second-order valence-corrected chi connectivity index (χ2v) is 10.2. The van der Waals surface area contributed by atoms with E-state index in [1.54, 1.807) is 31.2 Å². The Balaban J connectivity index is 1.65. The molecular formula is C31H33F2N3O5. The van der Waals surface area contributed by atoms with Gasteiger partial charge in [-0.2, -0.15) is 0 Å². The number of amides is 3. The minimum atomic E-state index is -0.461. The molecule has 3 atom stereocenters. The lowest BCUT2D eigenvalue weighted by Gasteiger charge is -2.36. The summed E-state index contributed by atoms with van der Waals surface area (Å²) in [6.45, 7) is 4.40. The van der Waals surface area contributed by atoms with Crippen LogP contribution in [0.2, 0.25) is 0 Å². The number of anilines is 1. The molecule has 0 unspecified atom stereocenters. The number of rotatable bonds is 4. The molecule has 1 aliphatic rings. The zero-order valence-electron chi connectivity index (χ0n) is 23.4. The van der Waals surface area contributed by atoms with Gasteiger partial charge in [-0.3, -0.25) is 14.4 Å². The molecule has 3 aromatic carbocycles. The van der Waals surface area contributed by atoms with Crippen LogP contribution >= 0.6 is 0 Å². The molecule has 0 aromatic heterocycles. The van der Waals surface area contributed by atoms with Crippen LogP contribution in [0.5, 0.6) is 5.75 Å². The van der Waals surface area contributed by atoms with Gasteiger partial charge in [-0.05, 0) is 73.7 Å². The monoisotopic (exact) mass is 565 g/mol. The molecule has 0 bridgehead atoms. The molecule has 4 rings (SSSR count). The molecule has 0 saturated heterocycles. The average Bonchev–Trinajstić information content (AvgIpc) is 2.97. The Labute approximate surface area is 237 Å². The molecule has 10 heteroatoms. The Morgan fingerprint density at radius 2 is 1.54 bits per heavy atom. The molecule has 3 aromatic rings. The van der Waals surface area contributed by atoms with Crippen molar-refractivity contribution < 1.29 is 32.6 Å². The third-order valence-corrected chi connectivity index (χ3v) is 7.16. The Kier molecular flexibility index (Phi) is 9.34. The molecule has 1 heterocycles. The Morgan fingerprint density at radius 3 is 2.15 bits per heavy atom. The quantitative estimate of drug-likeness (QED) is 0.488. The highest BCUT2D eigenvalue weighted by molar-refractivity contribution is 6.05. The summed E-state index contributed by atoms with van der Waals surface area (Å²) in [7, 11) is 3.20. The molecule has 0 radical (unpaired) electrons. The van der Waals surface area contributed by atoms with E-state index in [0.717, 1.165) is 0 Å². The summed E-state index contributed by atoms with van der Waals surface area (Å²) < 4.78 is 38.6. The van der Waals surface area contributed by atoms with Crippen LogP contribution in [-0.4, -0.2) is 73.5 Å². The highest BCUT2D eigenvalue weighted by Crippen LogP contribution is 2.27. The van der Waals surface area contributed by atoms with E-state index in [1.807, 2.05) is 13.8 Å². The van der Waals surface area contributed by atoms with Gasteiger partial charge >= 0.3 is 0 Å². The molecule has 216 valence electrons. The van der Waals surface area contributed by atoms with Crippen LogP contribution in [0.15, 0.2) is 66.7 Å². The van der Waals surface area contributed by atoms with E-state index in [4.69, 9.17) is 9.47 Å². The van der Waals surface area contributed by atoms with Gasteiger partial charge in [-0.1, -0.05) is 6.92 Å². The normalized spacial score (nSPS) is 19.9. The lowest BCUT2D eigenvalue weighted by atomic mass is 10.0. The zero-order valence-corrected chi connectivity index (χ0v) is 23.4. The maximum atomic E-state index is 13.6. The molecule has 1 aliphatic heterocycles. The van der Waals surface area contributed by atoms with Gasteiger partial charge in [0.2, 0.25) is 0 Å². The maximum absolute atomic E-state index is 13.6.